The zero-order valence-corrected chi connectivity index (χ0v) is 21.9. The number of nitrogens with zero attached hydrogens (tertiary/aromatic N) is 4. The van der Waals surface area contributed by atoms with E-state index < -0.39 is 5.97 Å². The second-order valence-corrected chi connectivity index (χ2v) is 9.59. The average molecular weight is 497 g/mol. The standard InChI is InChI=1S/C27H40N6O3/c1-5-8-18-9-12-25(34)33(15-18)17-24(31(4)29)26(28)22-10-11-23(21(7-3)30-22)32-14-13-19(16-32)20(6-2)27(35)36/h9-12,15,19-20H,5-8,13-14,16-17,28-29H2,1-4H3,(H,35,36)/b26-24-. The summed E-state index contributed by atoms with van der Waals surface area (Å²) in [6.07, 6.45) is 5.93. The summed E-state index contributed by atoms with van der Waals surface area (Å²) in [5.74, 6) is 5.23. The van der Waals surface area contributed by atoms with Crippen LogP contribution in [-0.2, 0) is 24.2 Å². The Morgan fingerprint density at radius 1 is 1.25 bits per heavy atom. The van der Waals surface area contributed by atoms with Crippen LogP contribution in [0.15, 0.2) is 41.0 Å². The van der Waals surface area contributed by atoms with Crippen LogP contribution in [0.25, 0.3) is 5.70 Å². The summed E-state index contributed by atoms with van der Waals surface area (Å²) in [7, 11) is 1.70. The zero-order valence-electron chi connectivity index (χ0n) is 21.9. The predicted molar refractivity (Wildman–Crippen MR) is 143 cm³/mol. The van der Waals surface area contributed by atoms with Crippen LogP contribution < -0.4 is 22.0 Å². The molecule has 1 fully saturated rings. The van der Waals surface area contributed by atoms with Crippen LogP contribution >= 0.6 is 0 Å². The minimum absolute atomic E-state index is 0.116. The first-order valence-electron chi connectivity index (χ1n) is 12.8. The van der Waals surface area contributed by atoms with Gasteiger partial charge in [-0.25, -0.2) is 10.8 Å². The molecule has 9 nitrogen and oxygen atoms in total. The van der Waals surface area contributed by atoms with Crippen LogP contribution in [0.5, 0.6) is 0 Å². The summed E-state index contributed by atoms with van der Waals surface area (Å²) in [5, 5.41) is 11.0. The lowest BCUT2D eigenvalue weighted by Crippen LogP contribution is -2.33. The Hall–Kier alpha value is -3.33. The fourth-order valence-corrected chi connectivity index (χ4v) is 5.07. The number of hydrogen-bond acceptors (Lipinski definition) is 7. The minimum atomic E-state index is -0.718. The number of rotatable bonds is 11. The number of aryl methyl sites for hydroxylation is 2. The van der Waals surface area contributed by atoms with Gasteiger partial charge in [-0.05, 0) is 49.3 Å². The number of carbonyl (C=O) groups is 1. The van der Waals surface area contributed by atoms with Crippen molar-refractivity contribution in [3.05, 3.63) is 63.5 Å². The van der Waals surface area contributed by atoms with E-state index in [1.165, 1.54) is 5.01 Å². The number of anilines is 1. The van der Waals surface area contributed by atoms with Crippen molar-refractivity contribution in [2.45, 2.75) is 59.4 Å². The number of pyridine rings is 2. The summed E-state index contributed by atoms with van der Waals surface area (Å²) in [5.41, 5.74) is 11.1. The van der Waals surface area contributed by atoms with Gasteiger partial charge in [-0.15, -0.1) is 0 Å². The van der Waals surface area contributed by atoms with Crippen molar-refractivity contribution in [2.24, 2.45) is 23.4 Å². The third-order valence-electron chi connectivity index (χ3n) is 7.09. The van der Waals surface area contributed by atoms with E-state index in [2.05, 4.69) is 11.8 Å². The number of carboxylic acid groups (broad SMARTS) is 1. The molecule has 0 saturated carbocycles. The summed E-state index contributed by atoms with van der Waals surface area (Å²) in [4.78, 5) is 31.2. The van der Waals surface area contributed by atoms with E-state index in [0.717, 1.165) is 42.8 Å². The summed E-state index contributed by atoms with van der Waals surface area (Å²) in [6.45, 7) is 7.83. The topological polar surface area (TPSA) is 131 Å². The van der Waals surface area contributed by atoms with Crippen LogP contribution in [0.1, 0.15) is 57.0 Å². The molecule has 0 spiro atoms. The molecule has 2 atom stereocenters. The van der Waals surface area contributed by atoms with Crippen molar-refractivity contribution in [3.8, 4) is 0 Å². The third-order valence-corrected chi connectivity index (χ3v) is 7.09. The van der Waals surface area contributed by atoms with Crippen molar-refractivity contribution in [3.63, 3.8) is 0 Å². The molecule has 0 radical (unpaired) electrons. The molecule has 0 aromatic carbocycles. The Labute approximate surface area is 213 Å². The number of carboxylic acids is 1. The highest BCUT2D eigenvalue weighted by Gasteiger charge is 2.33. The number of aliphatic carboxylic acids is 1. The molecule has 0 bridgehead atoms. The lowest BCUT2D eigenvalue weighted by Gasteiger charge is -2.24. The molecule has 1 aliphatic rings. The van der Waals surface area contributed by atoms with Crippen molar-refractivity contribution in [2.75, 3.05) is 25.0 Å². The zero-order chi connectivity index (χ0) is 26.4. The number of likely N-dealkylation sites (N-methyl/N-ethyl adjacent to an activating group) is 1. The van der Waals surface area contributed by atoms with E-state index in [-0.39, 0.29) is 23.9 Å². The fraction of sp³-hybridized carbons (Fsp3) is 0.519. The van der Waals surface area contributed by atoms with Gasteiger partial charge in [0, 0.05) is 32.4 Å². The molecule has 2 aromatic rings. The second-order valence-electron chi connectivity index (χ2n) is 9.59. The van der Waals surface area contributed by atoms with Crippen molar-refractivity contribution in [1.82, 2.24) is 14.6 Å². The highest BCUT2D eigenvalue weighted by molar-refractivity contribution is 5.71. The molecule has 3 rings (SSSR count). The number of nitrogens with two attached hydrogens (primary N) is 2. The SMILES string of the molecule is CCCc1ccc(=O)n(C/C(=C(/N)c2ccc(N3CCC(C(CC)C(=O)O)C3)c(CC)n2)N(C)N)c1. The van der Waals surface area contributed by atoms with E-state index in [9.17, 15) is 14.7 Å². The number of hydrogen-bond donors (Lipinski definition) is 3. The quantitative estimate of drug-likeness (QED) is 0.320. The monoisotopic (exact) mass is 496 g/mol. The smallest absolute Gasteiger partial charge is 0.306 e. The van der Waals surface area contributed by atoms with E-state index in [1.807, 2.05) is 38.2 Å². The molecule has 9 heteroatoms. The van der Waals surface area contributed by atoms with Gasteiger partial charge in [0.05, 0.1) is 40.9 Å². The molecule has 5 N–H and O–H groups in total. The van der Waals surface area contributed by atoms with Gasteiger partial charge in [0.2, 0.25) is 0 Å². The van der Waals surface area contributed by atoms with E-state index in [4.69, 9.17) is 16.6 Å². The molecule has 3 heterocycles. The molecule has 0 amide bonds. The van der Waals surface area contributed by atoms with Gasteiger partial charge in [0.25, 0.3) is 5.56 Å². The van der Waals surface area contributed by atoms with E-state index in [0.29, 0.717) is 36.5 Å². The molecule has 2 unspecified atom stereocenters. The van der Waals surface area contributed by atoms with Gasteiger partial charge in [0.15, 0.2) is 0 Å². The lowest BCUT2D eigenvalue weighted by molar-refractivity contribution is -0.143. The van der Waals surface area contributed by atoms with Gasteiger partial charge < -0.3 is 25.3 Å². The normalized spacial score (nSPS) is 17.1. The Kier molecular flexibility index (Phi) is 9.14. The molecule has 0 aliphatic carbocycles. The molecular weight excluding hydrogens is 456 g/mol. The Balaban J connectivity index is 1.91. The van der Waals surface area contributed by atoms with E-state index in [1.54, 1.807) is 17.7 Å². The van der Waals surface area contributed by atoms with Crippen LogP contribution in [0.2, 0.25) is 0 Å². The van der Waals surface area contributed by atoms with Gasteiger partial charge in [-0.1, -0.05) is 33.3 Å². The Morgan fingerprint density at radius 3 is 2.61 bits per heavy atom. The highest BCUT2D eigenvalue weighted by atomic mass is 16.4. The maximum atomic E-state index is 12.5. The Bertz CT molecular complexity index is 1160. The number of aromatic nitrogens is 2. The lowest BCUT2D eigenvalue weighted by atomic mass is 9.89. The molecule has 1 aliphatic heterocycles. The third kappa shape index (κ3) is 6.07. The van der Waals surface area contributed by atoms with Crippen LogP contribution in [-0.4, -0.2) is 45.8 Å². The van der Waals surface area contributed by atoms with Gasteiger partial charge in [-0.2, -0.15) is 0 Å². The van der Waals surface area contributed by atoms with Crippen molar-refractivity contribution in [1.29, 1.82) is 0 Å². The maximum Gasteiger partial charge on any atom is 0.306 e. The minimum Gasteiger partial charge on any atom is -0.481 e. The summed E-state index contributed by atoms with van der Waals surface area (Å²) in [6, 6.07) is 7.33. The fourth-order valence-electron chi connectivity index (χ4n) is 5.07. The summed E-state index contributed by atoms with van der Waals surface area (Å²) < 4.78 is 1.63. The molecule has 36 heavy (non-hydrogen) atoms. The van der Waals surface area contributed by atoms with Gasteiger partial charge >= 0.3 is 5.97 Å². The van der Waals surface area contributed by atoms with Crippen LogP contribution in [0, 0.1) is 11.8 Å². The first-order valence-corrected chi connectivity index (χ1v) is 12.8. The van der Waals surface area contributed by atoms with E-state index >= 15 is 0 Å². The number of allylic oxidation sites excluding steroid dienone is 1. The molecule has 196 valence electrons. The average Bonchev–Trinajstić information content (AvgIpc) is 3.33. The second kappa shape index (κ2) is 12.1. The van der Waals surface area contributed by atoms with Crippen LogP contribution in [0.3, 0.4) is 0 Å². The van der Waals surface area contributed by atoms with Crippen molar-refractivity contribution >= 4 is 17.4 Å². The molecule has 1 saturated heterocycles. The molecule has 2 aromatic heterocycles. The van der Waals surface area contributed by atoms with Crippen LogP contribution in [0.4, 0.5) is 5.69 Å². The largest absolute Gasteiger partial charge is 0.481 e. The van der Waals surface area contributed by atoms with Gasteiger partial charge in [-0.3, -0.25) is 9.59 Å². The molecular formula is C27H40N6O3. The van der Waals surface area contributed by atoms with Crippen molar-refractivity contribution < 1.29 is 9.90 Å². The predicted octanol–water partition coefficient (Wildman–Crippen LogP) is 2.83. The Morgan fingerprint density at radius 2 is 2.00 bits per heavy atom. The highest BCUT2D eigenvalue weighted by Crippen LogP contribution is 2.32. The first kappa shape index (κ1) is 27.3. The summed E-state index contributed by atoms with van der Waals surface area (Å²) >= 11 is 0. The van der Waals surface area contributed by atoms with Gasteiger partial charge in [0.1, 0.15) is 0 Å². The first-order chi connectivity index (χ1) is 17.2. The number of hydrazine groups is 1. The maximum absolute atomic E-state index is 12.5.